The van der Waals surface area contributed by atoms with E-state index in [1.807, 2.05) is 28.6 Å². The van der Waals surface area contributed by atoms with Gasteiger partial charge in [-0.2, -0.15) is 5.10 Å². The number of piperazine rings is 1. The van der Waals surface area contributed by atoms with E-state index < -0.39 is 0 Å². The molecule has 1 saturated heterocycles. The molecule has 1 fully saturated rings. The molecule has 4 heterocycles. The van der Waals surface area contributed by atoms with Crippen LogP contribution in [0.25, 0.3) is 5.52 Å². The number of nitrogens with zero attached hydrogens (tertiary/aromatic N) is 7. The zero-order valence-corrected chi connectivity index (χ0v) is 14.6. The first-order valence-electron chi connectivity index (χ1n) is 8.34. The molecule has 0 unspecified atom stereocenters. The second-order valence-electron chi connectivity index (χ2n) is 6.33. The van der Waals surface area contributed by atoms with Gasteiger partial charge in [-0.05, 0) is 26.8 Å². The molecule has 130 valence electrons. The maximum absolute atomic E-state index is 14.4. The zero-order chi connectivity index (χ0) is 17.6. The molecular weight excluding hydrogens is 321 g/mol. The molecule has 4 rings (SSSR count). The van der Waals surface area contributed by atoms with Gasteiger partial charge in [-0.25, -0.2) is 23.9 Å². The molecule has 0 bridgehead atoms. The fourth-order valence-corrected chi connectivity index (χ4v) is 3.29. The van der Waals surface area contributed by atoms with Crippen molar-refractivity contribution in [3.8, 4) is 0 Å². The third kappa shape index (κ3) is 2.77. The quantitative estimate of drug-likeness (QED) is 0.710. The van der Waals surface area contributed by atoms with Gasteiger partial charge in [-0.3, -0.25) is 0 Å². The van der Waals surface area contributed by atoms with E-state index in [0.29, 0.717) is 30.4 Å². The Kier molecular flexibility index (Phi) is 3.74. The number of hydrogen-bond donors (Lipinski definition) is 0. The van der Waals surface area contributed by atoms with Gasteiger partial charge in [0.05, 0.1) is 11.4 Å². The monoisotopic (exact) mass is 341 g/mol. The summed E-state index contributed by atoms with van der Waals surface area (Å²) in [5.41, 5.74) is 2.35. The first-order valence-corrected chi connectivity index (χ1v) is 8.34. The highest BCUT2D eigenvalue weighted by Crippen LogP contribution is 2.24. The maximum atomic E-state index is 14.4. The Morgan fingerprint density at radius 1 is 0.960 bits per heavy atom. The van der Waals surface area contributed by atoms with Crippen LogP contribution in [0.2, 0.25) is 0 Å². The fraction of sp³-hybridized carbons (Fsp3) is 0.412. The Hall–Kier alpha value is -2.77. The van der Waals surface area contributed by atoms with Crippen LogP contribution in [0.15, 0.2) is 18.5 Å². The van der Waals surface area contributed by atoms with Gasteiger partial charge >= 0.3 is 0 Å². The Morgan fingerprint density at radius 2 is 1.64 bits per heavy atom. The molecule has 25 heavy (non-hydrogen) atoms. The van der Waals surface area contributed by atoms with E-state index >= 15 is 0 Å². The van der Waals surface area contributed by atoms with Crippen molar-refractivity contribution in [2.24, 2.45) is 0 Å². The summed E-state index contributed by atoms with van der Waals surface area (Å²) in [7, 11) is 0. The van der Waals surface area contributed by atoms with Crippen LogP contribution in [0.3, 0.4) is 0 Å². The highest BCUT2D eigenvalue weighted by atomic mass is 19.1. The number of aryl methyl sites for hydroxylation is 3. The van der Waals surface area contributed by atoms with E-state index in [1.54, 1.807) is 20.0 Å². The number of aromatic nitrogens is 5. The summed E-state index contributed by atoms with van der Waals surface area (Å²) < 4.78 is 16.2. The van der Waals surface area contributed by atoms with Gasteiger partial charge in [0.2, 0.25) is 0 Å². The van der Waals surface area contributed by atoms with Crippen molar-refractivity contribution in [2.75, 3.05) is 36.0 Å². The smallest absolute Gasteiger partial charge is 0.186 e. The van der Waals surface area contributed by atoms with Crippen LogP contribution in [-0.4, -0.2) is 50.7 Å². The topological polar surface area (TPSA) is 62.5 Å². The third-order valence-electron chi connectivity index (χ3n) is 4.48. The molecule has 0 amide bonds. The molecular formula is C17H20FN7. The van der Waals surface area contributed by atoms with Crippen LogP contribution < -0.4 is 9.80 Å². The Morgan fingerprint density at radius 3 is 2.36 bits per heavy atom. The number of halogens is 1. The minimum atomic E-state index is -0.328. The lowest BCUT2D eigenvalue weighted by Gasteiger charge is -2.36. The Labute approximate surface area is 145 Å². The highest BCUT2D eigenvalue weighted by Gasteiger charge is 2.24. The van der Waals surface area contributed by atoms with E-state index in [4.69, 9.17) is 0 Å². The summed E-state index contributed by atoms with van der Waals surface area (Å²) in [6.45, 7) is 8.30. The zero-order valence-electron chi connectivity index (χ0n) is 14.6. The summed E-state index contributed by atoms with van der Waals surface area (Å²) in [4.78, 5) is 17.1. The van der Waals surface area contributed by atoms with Gasteiger partial charge in [0.15, 0.2) is 17.5 Å². The molecule has 0 aromatic carbocycles. The van der Waals surface area contributed by atoms with Gasteiger partial charge in [0.1, 0.15) is 11.3 Å². The molecule has 7 nitrogen and oxygen atoms in total. The van der Waals surface area contributed by atoms with Crippen molar-refractivity contribution in [1.29, 1.82) is 0 Å². The summed E-state index contributed by atoms with van der Waals surface area (Å²) in [5.74, 6) is 1.58. The largest absolute Gasteiger partial charge is 0.351 e. The van der Waals surface area contributed by atoms with Crippen LogP contribution in [0.5, 0.6) is 0 Å². The molecule has 1 aliphatic rings. The van der Waals surface area contributed by atoms with E-state index in [2.05, 4.69) is 25.0 Å². The second kappa shape index (κ2) is 5.94. The lowest BCUT2D eigenvalue weighted by Crippen LogP contribution is -2.47. The summed E-state index contributed by atoms with van der Waals surface area (Å²) in [5, 5.41) is 4.44. The number of hydrogen-bond acceptors (Lipinski definition) is 6. The second-order valence-corrected chi connectivity index (χ2v) is 6.33. The van der Waals surface area contributed by atoms with E-state index in [9.17, 15) is 4.39 Å². The molecule has 0 N–H and O–H groups in total. The highest BCUT2D eigenvalue weighted by molar-refractivity contribution is 5.69. The van der Waals surface area contributed by atoms with Crippen LogP contribution in [0, 0.1) is 26.6 Å². The Balaban J connectivity index is 1.57. The van der Waals surface area contributed by atoms with E-state index in [-0.39, 0.29) is 5.82 Å². The number of anilines is 2. The molecule has 0 spiro atoms. The van der Waals surface area contributed by atoms with Crippen molar-refractivity contribution >= 4 is 17.2 Å². The first kappa shape index (κ1) is 15.7. The van der Waals surface area contributed by atoms with Gasteiger partial charge in [0.25, 0.3) is 0 Å². The average molecular weight is 341 g/mol. The van der Waals surface area contributed by atoms with Crippen LogP contribution in [-0.2, 0) is 0 Å². The normalized spacial score (nSPS) is 15.2. The van der Waals surface area contributed by atoms with Crippen LogP contribution in [0.1, 0.15) is 17.2 Å². The predicted molar refractivity (Wildman–Crippen MR) is 93.6 cm³/mol. The molecule has 0 aliphatic carbocycles. The fourth-order valence-electron chi connectivity index (χ4n) is 3.29. The third-order valence-corrected chi connectivity index (χ3v) is 4.48. The summed E-state index contributed by atoms with van der Waals surface area (Å²) in [6.07, 6.45) is 3.61. The number of fused-ring (bicyclic) bond motifs is 1. The minimum Gasteiger partial charge on any atom is -0.351 e. The van der Waals surface area contributed by atoms with Crippen molar-refractivity contribution in [3.63, 3.8) is 0 Å². The van der Waals surface area contributed by atoms with E-state index in [1.165, 1.54) is 0 Å². The predicted octanol–water partition coefficient (Wildman–Crippen LogP) is 1.91. The molecule has 0 atom stereocenters. The standard InChI is InChI=1S/C17H20FN7/c1-11-10-14-16(19-4-5-25(14)22-11)23-6-8-24(9-7-23)17-15(18)12(2)20-13(3)21-17/h4-5,10H,6-9H2,1-3H3. The molecule has 0 saturated carbocycles. The van der Waals surface area contributed by atoms with Crippen LogP contribution in [0.4, 0.5) is 16.0 Å². The van der Waals surface area contributed by atoms with Crippen molar-refractivity contribution in [1.82, 2.24) is 24.6 Å². The molecule has 0 radical (unpaired) electrons. The molecule has 3 aromatic heterocycles. The molecule has 8 heteroatoms. The Bertz CT molecular complexity index is 928. The summed E-state index contributed by atoms with van der Waals surface area (Å²) >= 11 is 0. The lowest BCUT2D eigenvalue weighted by molar-refractivity contribution is 0.571. The van der Waals surface area contributed by atoms with Crippen LogP contribution >= 0.6 is 0 Å². The van der Waals surface area contributed by atoms with Crippen molar-refractivity contribution in [2.45, 2.75) is 20.8 Å². The SMILES string of the molecule is Cc1cc2c(N3CCN(c4nc(C)nc(C)c4F)CC3)nccn2n1. The lowest BCUT2D eigenvalue weighted by atomic mass is 10.2. The van der Waals surface area contributed by atoms with E-state index in [0.717, 1.165) is 30.1 Å². The minimum absolute atomic E-state index is 0.328. The van der Waals surface area contributed by atoms with Gasteiger partial charge in [-0.1, -0.05) is 0 Å². The summed E-state index contributed by atoms with van der Waals surface area (Å²) in [6, 6.07) is 2.03. The van der Waals surface area contributed by atoms with Gasteiger partial charge in [0, 0.05) is 38.6 Å². The van der Waals surface area contributed by atoms with Crippen molar-refractivity contribution < 1.29 is 4.39 Å². The first-order chi connectivity index (χ1) is 12.0. The molecule has 3 aromatic rings. The van der Waals surface area contributed by atoms with Crippen molar-refractivity contribution in [3.05, 3.63) is 41.5 Å². The average Bonchev–Trinajstić information content (AvgIpc) is 2.98. The maximum Gasteiger partial charge on any atom is 0.186 e. The van der Waals surface area contributed by atoms with Gasteiger partial charge in [-0.15, -0.1) is 0 Å². The number of rotatable bonds is 2. The molecule has 1 aliphatic heterocycles. The van der Waals surface area contributed by atoms with Gasteiger partial charge < -0.3 is 9.80 Å².